The summed E-state index contributed by atoms with van der Waals surface area (Å²) in [6, 6.07) is 2.27. The molecule has 20 heavy (non-hydrogen) atoms. The molecule has 1 N–H and O–H groups in total. The quantitative estimate of drug-likeness (QED) is 0.885. The van der Waals surface area contributed by atoms with Gasteiger partial charge in [0.15, 0.2) is 10.9 Å². The number of halogens is 2. The van der Waals surface area contributed by atoms with Crippen molar-refractivity contribution in [3.8, 4) is 0 Å². The largest absolute Gasteiger partial charge is 0.298 e. The lowest BCUT2D eigenvalue weighted by molar-refractivity contribution is 0.1000. The van der Waals surface area contributed by atoms with Gasteiger partial charge in [0, 0.05) is 12.3 Å². The van der Waals surface area contributed by atoms with Gasteiger partial charge < -0.3 is 0 Å². The summed E-state index contributed by atoms with van der Waals surface area (Å²) < 4.78 is 27.3. The molecule has 0 spiro atoms. The van der Waals surface area contributed by atoms with E-state index in [4.69, 9.17) is 0 Å². The minimum absolute atomic E-state index is 0.112. The first-order valence-electron chi connectivity index (χ1n) is 5.62. The second-order valence-electron chi connectivity index (χ2n) is 4.10. The number of carbonyl (C=O) groups is 2. The molecule has 1 heterocycles. The number of aromatic nitrogens is 1. The molecule has 1 aromatic heterocycles. The lowest BCUT2D eigenvalue weighted by atomic mass is 10.1. The Balaban J connectivity index is 2.28. The minimum atomic E-state index is -0.950. The Morgan fingerprint density at radius 3 is 2.60 bits per heavy atom. The van der Waals surface area contributed by atoms with E-state index in [1.54, 1.807) is 0 Å². The molecule has 0 saturated carbocycles. The first-order valence-corrected chi connectivity index (χ1v) is 6.50. The monoisotopic (exact) mass is 296 g/mol. The third-order valence-electron chi connectivity index (χ3n) is 2.60. The Labute approximate surface area is 117 Å². The lowest BCUT2D eigenvalue weighted by Crippen LogP contribution is -2.16. The van der Waals surface area contributed by atoms with Gasteiger partial charge in [-0.25, -0.2) is 13.8 Å². The van der Waals surface area contributed by atoms with Gasteiger partial charge in [0.1, 0.15) is 22.9 Å². The van der Waals surface area contributed by atoms with Crippen LogP contribution in [0, 0.1) is 18.6 Å². The van der Waals surface area contributed by atoms with Crippen LogP contribution < -0.4 is 5.32 Å². The smallest absolute Gasteiger partial charge is 0.263 e. The number of nitrogens with one attached hydrogen (secondary N) is 1. The highest BCUT2D eigenvalue weighted by Gasteiger charge is 2.20. The van der Waals surface area contributed by atoms with Crippen molar-refractivity contribution in [3.05, 3.63) is 46.0 Å². The van der Waals surface area contributed by atoms with Crippen LogP contribution in [0.15, 0.2) is 17.5 Å². The van der Waals surface area contributed by atoms with Crippen LogP contribution in [0.25, 0.3) is 0 Å². The number of amides is 1. The molecule has 0 fully saturated rings. The Kier molecular flexibility index (Phi) is 3.89. The van der Waals surface area contributed by atoms with Crippen molar-refractivity contribution in [2.24, 2.45) is 0 Å². The van der Waals surface area contributed by atoms with E-state index in [0.29, 0.717) is 0 Å². The van der Waals surface area contributed by atoms with Gasteiger partial charge in [-0.2, -0.15) is 0 Å². The van der Waals surface area contributed by atoms with Gasteiger partial charge in [-0.15, -0.1) is 11.3 Å². The summed E-state index contributed by atoms with van der Waals surface area (Å²) in [6.45, 7) is 2.77. The maximum absolute atomic E-state index is 13.8. The first kappa shape index (κ1) is 14.3. The van der Waals surface area contributed by atoms with Gasteiger partial charge in [-0.1, -0.05) is 6.07 Å². The van der Waals surface area contributed by atoms with Crippen LogP contribution in [0.5, 0.6) is 0 Å². The molecule has 0 unspecified atom stereocenters. The van der Waals surface area contributed by atoms with Crippen LogP contribution in [-0.2, 0) is 0 Å². The van der Waals surface area contributed by atoms with Crippen molar-refractivity contribution >= 4 is 28.2 Å². The van der Waals surface area contributed by atoms with Crippen LogP contribution >= 0.6 is 11.3 Å². The summed E-state index contributed by atoms with van der Waals surface area (Å²) in [4.78, 5) is 26.8. The highest BCUT2D eigenvalue weighted by molar-refractivity contribution is 7.14. The number of hydrogen-bond acceptors (Lipinski definition) is 4. The first-order chi connectivity index (χ1) is 9.40. The molecule has 7 heteroatoms. The van der Waals surface area contributed by atoms with Gasteiger partial charge in [0.2, 0.25) is 0 Å². The van der Waals surface area contributed by atoms with Crippen molar-refractivity contribution < 1.29 is 18.4 Å². The zero-order valence-electron chi connectivity index (χ0n) is 10.7. The number of carbonyl (C=O) groups excluding carboxylic acids is 2. The number of thiazole rings is 1. The average Bonchev–Trinajstić information content (AvgIpc) is 2.83. The zero-order valence-corrected chi connectivity index (χ0v) is 11.5. The fourth-order valence-electron chi connectivity index (χ4n) is 1.52. The molecular weight excluding hydrogens is 286 g/mol. The van der Waals surface area contributed by atoms with E-state index in [2.05, 4.69) is 10.3 Å². The summed E-state index contributed by atoms with van der Waals surface area (Å²) in [5.74, 6) is -3.05. The summed E-state index contributed by atoms with van der Waals surface area (Å²) in [5.41, 5.74) is -0.305. The normalized spacial score (nSPS) is 10.4. The van der Waals surface area contributed by atoms with E-state index >= 15 is 0 Å². The van der Waals surface area contributed by atoms with E-state index in [9.17, 15) is 18.4 Å². The Morgan fingerprint density at radius 1 is 1.30 bits per heavy atom. The molecule has 2 aromatic rings. The second kappa shape index (κ2) is 5.46. The van der Waals surface area contributed by atoms with E-state index in [1.807, 2.05) is 0 Å². The van der Waals surface area contributed by atoms with Gasteiger partial charge in [-0.05, 0) is 18.6 Å². The van der Waals surface area contributed by atoms with Crippen molar-refractivity contribution in [3.63, 3.8) is 0 Å². The lowest BCUT2D eigenvalue weighted by Gasteiger charge is -2.06. The van der Waals surface area contributed by atoms with Crippen LogP contribution in [0.1, 0.15) is 33.3 Å². The molecule has 0 bridgehead atoms. The van der Waals surface area contributed by atoms with Crippen LogP contribution in [-0.4, -0.2) is 16.7 Å². The van der Waals surface area contributed by atoms with Crippen molar-refractivity contribution in [1.82, 2.24) is 4.98 Å². The number of rotatable bonds is 3. The van der Waals surface area contributed by atoms with Crippen molar-refractivity contribution in [2.75, 3.05) is 5.32 Å². The zero-order chi connectivity index (χ0) is 14.9. The maximum atomic E-state index is 13.8. The third-order valence-corrected chi connectivity index (χ3v) is 3.35. The molecule has 1 aromatic carbocycles. The number of ketones is 1. The number of anilines is 1. The van der Waals surface area contributed by atoms with Crippen LogP contribution in [0.4, 0.5) is 13.9 Å². The van der Waals surface area contributed by atoms with Crippen molar-refractivity contribution in [1.29, 1.82) is 0 Å². The fraction of sp³-hybridized carbons (Fsp3) is 0.154. The average molecular weight is 296 g/mol. The molecule has 0 atom stereocenters. The molecule has 0 aliphatic heterocycles. The van der Waals surface area contributed by atoms with E-state index < -0.39 is 23.1 Å². The molecule has 104 valence electrons. The van der Waals surface area contributed by atoms with Gasteiger partial charge in [-0.3, -0.25) is 14.9 Å². The van der Waals surface area contributed by atoms with Crippen LogP contribution in [0.2, 0.25) is 0 Å². The third kappa shape index (κ3) is 2.72. The Hall–Kier alpha value is -2.15. The summed E-state index contributed by atoms with van der Waals surface area (Å²) in [6.07, 6.45) is 0. The Morgan fingerprint density at radius 2 is 2.00 bits per heavy atom. The molecular formula is C13H10F2N2O2S. The molecule has 1 amide bonds. The maximum Gasteiger partial charge on any atom is 0.263 e. The van der Waals surface area contributed by atoms with E-state index in [-0.39, 0.29) is 22.2 Å². The van der Waals surface area contributed by atoms with E-state index in [0.717, 1.165) is 17.4 Å². The summed E-state index contributed by atoms with van der Waals surface area (Å²) in [7, 11) is 0. The molecule has 0 saturated heterocycles. The predicted octanol–water partition coefficient (Wildman–Crippen LogP) is 3.18. The standard InChI is InChI=1S/C13H10F2N2O2S/c1-6-3-4-8(14)10(11(6)15)12(19)17-13-16-9(5-20-13)7(2)18/h3-5H,1-2H3,(H,16,17,19). The van der Waals surface area contributed by atoms with Crippen LogP contribution in [0.3, 0.4) is 0 Å². The molecule has 4 nitrogen and oxygen atoms in total. The highest BCUT2D eigenvalue weighted by Crippen LogP contribution is 2.20. The number of aryl methyl sites for hydroxylation is 1. The van der Waals surface area contributed by atoms with E-state index in [1.165, 1.54) is 25.3 Å². The predicted molar refractivity (Wildman–Crippen MR) is 71.2 cm³/mol. The molecule has 0 radical (unpaired) electrons. The molecule has 0 aliphatic rings. The summed E-state index contributed by atoms with van der Waals surface area (Å²) >= 11 is 1.01. The molecule has 2 rings (SSSR count). The fourth-order valence-corrected chi connectivity index (χ4v) is 2.26. The van der Waals surface area contributed by atoms with Gasteiger partial charge in [0.25, 0.3) is 5.91 Å². The van der Waals surface area contributed by atoms with Crippen molar-refractivity contribution in [2.45, 2.75) is 13.8 Å². The minimum Gasteiger partial charge on any atom is -0.298 e. The summed E-state index contributed by atoms with van der Waals surface area (Å²) in [5, 5.41) is 3.85. The number of hydrogen-bond donors (Lipinski definition) is 1. The van der Waals surface area contributed by atoms with Gasteiger partial charge >= 0.3 is 0 Å². The Bertz CT molecular complexity index is 698. The number of Topliss-reactive ketones (excluding diaryl/α,β-unsaturated/α-hetero) is 1. The molecule has 0 aliphatic carbocycles. The van der Waals surface area contributed by atoms with Gasteiger partial charge in [0.05, 0.1) is 0 Å². The SMILES string of the molecule is CC(=O)c1csc(NC(=O)c2c(F)ccc(C)c2F)n1. The highest BCUT2D eigenvalue weighted by atomic mass is 32.1. The number of benzene rings is 1. The topological polar surface area (TPSA) is 59.1 Å². The second-order valence-corrected chi connectivity index (χ2v) is 4.96. The number of nitrogens with zero attached hydrogens (tertiary/aromatic N) is 1.